The minimum atomic E-state index is -1.08. The number of carbonyl (C=O) groups is 2. The number of halogens is 1. The van der Waals surface area contributed by atoms with Gasteiger partial charge in [0.25, 0.3) is 0 Å². The van der Waals surface area contributed by atoms with Crippen molar-refractivity contribution >= 4 is 23.5 Å². The van der Waals surface area contributed by atoms with Crippen LogP contribution >= 0.6 is 11.6 Å². The van der Waals surface area contributed by atoms with Crippen molar-refractivity contribution in [1.82, 2.24) is 0 Å². The van der Waals surface area contributed by atoms with E-state index in [4.69, 9.17) is 36.1 Å². The second-order valence-electron chi connectivity index (χ2n) is 4.54. The Bertz CT molecular complexity index is 668. The number of carbonyl (C=O) groups excluding carboxylic acids is 2. The van der Waals surface area contributed by atoms with Crippen LogP contribution in [0.5, 0.6) is 17.2 Å². The van der Waals surface area contributed by atoms with Gasteiger partial charge in [-0.3, -0.25) is 0 Å². The number of carboxylic acid groups (broad SMARTS) is 2. The molecule has 2 rings (SSSR count). The summed E-state index contributed by atoms with van der Waals surface area (Å²) in [6, 6.07) is 10.2. The molecule has 0 bridgehead atoms. The largest absolute Gasteiger partial charge is 0.550 e. The lowest BCUT2D eigenvalue weighted by molar-refractivity contribution is -0.303. The number of aromatic hydroxyl groups is 2. The molecule has 0 saturated heterocycles. The molecule has 25 heavy (non-hydrogen) atoms. The molecule has 0 amide bonds. The number of hydrogen-bond acceptors (Lipinski definition) is 7. The average molecular weight is 369 g/mol. The zero-order valence-electron chi connectivity index (χ0n) is 13.8. The van der Waals surface area contributed by atoms with E-state index in [0.29, 0.717) is 10.6 Å². The Labute approximate surface area is 149 Å². The normalized spacial score (nSPS) is 8.96. The molecule has 0 aliphatic heterocycles. The number of benzene rings is 2. The summed E-state index contributed by atoms with van der Waals surface area (Å²) < 4.78 is 4.86. The number of ether oxygens (including phenoxy) is 1. The van der Waals surface area contributed by atoms with Gasteiger partial charge in [0, 0.05) is 17.0 Å². The molecule has 0 radical (unpaired) electrons. The van der Waals surface area contributed by atoms with E-state index in [2.05, 4.69) is 0 Å². The van der Waals surface area contributed by atoms with Crippen molar-refractivity contribution in [2.75, 3.05) is 7.11 Å². The van der Waals surface area contributed by atoms with Crippen molar-refractivity contribution in [2.24, 2.45) is 0 Å². The number of methoxy groups -OCH3 is 1. The summed E-state index contributed by atoms with van der Waals surface area (Å²) in [5, 5.41) is 37.8. The van der Waals surface area contributed by atoms with Gasteiger partial charge in [0.2, 0.25) is 5.75 Å². The molecular weight excluding hydrogens is 352 g/mol. The van der Waals surface area contributed by atoms with Crippen molar-refractivity contribution in [3.63, 3.8) is 0 Å². The van der Waals surface area contributed by atoms with Crippen LogP contribution in [0.4, 0.5) is 0 Å². The van der Waals surface area contributed by atoms with E-state index in [1.807, 2.05) is 12.1 Å². The molecule has 0 spiro atoms. The fourth-order valence-corrected chi connectivity index (χ4v) is 1.74. The molecule has 0 heterocycles. The second kappa shape index (κ2) is 10.8. The highest BCUT2D eigenvalue weighted by atomic mass is 35.5. The van der Waals surface area contributed by atoms with Crippen LogP contribution in [0.15, 0.2) is 36.4 Å². The maximum Gasteiger partial charge on any atom is 0.202 e. The Balaban J connectivity index is 0.000000609. The first kappa shape index (κ1) is 22.1. The van der Waals surface area contributed by atoms with Gasteiger partial charge >= 0.3 is 0 Å². The predicted molar refractivity (Wildman–Crippen MR) is 88.1 cm³/mol. The fraction of sp³-hybridized carbons (Fsp3) is 0.176. The summed E-state index contributed by atoms with van der Waals surface area (Å²) in [4.78, 5) is 17.8. The first-order chi connectivity index (χ1) is 11.6. The third kappa shape index (κ3) is 9.07. The highest BCUT2D eigenvalue weighted by molar-refractivity contribution is 6.30. The van der Waals surface area contributed by atoms with E-state index in [1.54, 1.807) is 12.1 Å². The van der Waals surface area contributed by atoms with Gasteiger partial charge in [0.15, 0.2) is 11.5 Å². The molecule has 0 unspecified atom stereocenters. The molecule has 136 valence electrons. The smallest absolute Gasteiger partial charge is 0.202 e. The summed E-state index contributed by atoms with van der Waals surface area (Å²) >= 11 is 5.79. The Morgan fingerprint density at radius 2 is 1.28 bits per heavy atom. The van der Waals surface area contributed by atoms with Gasteiger partial charge in [-0.15, -0.1) is 0 Å². The molecule has 0 saturated carbocycles. The zero-order valence-corrected chi connectivity index (χ0v) is 14.5. The van der Waals surface area contributed by atoms with Crippen molar-refractivity contribution in [1.29, 1.82) is 0 Å². The molecular formula is C17H17ClO7-2. The number of phenols is 2. The summed E-state index contributed by atoms with van der Waals surface area (Å²) in [7, 11) is 1.39. The van der Waals surface area contributed by atoms with Gasteiger partial charge in [-0.05, 0) is 49.2 Å². The standard InChI is InChI=1S/C13H11ClO3.2C2H4O2/c1-17-13-11(15)6-9(7-12(13)16)8-2-4-10(14)5-3-8;2*1-2(3)4/h2-7,15-16H,1H3;2*1H3,(H,3,4)/p-2. The summed E-state index contributed by atoms with van der Waals surface area (Å²) in [6.45, 7) is 1.94. The van der Waals surface area contributed by atoms with Crippen molar-refractivity contribution < 1.29 is 34.8 Å². The van der Waals surface area contributed by atoms with Crippen LogP contribution in [-0.2, 0) is 9.59 Å². The van der Waals surface area contributed by atoms with Gasteiger partial charge in [-0.2, -0.15) is 0 Å². The summed E-state index contributed by atoms with van der Waals surface area (Å²) in [6.07, 6.45) is 0. The molecule has 0 atom stereocenters. The van der Waals surface area contributed by atoms with Gasteiger partial charge < -0.3 is 34.8 Å². The number of aliphatic carboxylic acids is 2. The van der Waals surface area contributed by atoms with Crippen LogP contribution < -0.4 is 14.9 Å². The van der Waals surface area contributed by atoms with Crippen molar-refractivity contribution in [2.45, 2.75) is 13.8 Å². The molecule has 8 heteroatoms. The third-order valence-electron chi connectivity index (χ3n) is 2.43. The number of carboxylic acids is 2. The lowest BCUT2D eigenvalue weighted by atomic mass is 10.0. The molecule has 2 aromatic carbocycles. The predicted octanol–water partition coefficient (Wildman–Crippen LogP) is 0.939. The Morgan fingerprint density at radius 1 is 0.920 bits per heavy atom. The van der Waals surface area contributed by atoms with Crippen LogP contribution in [0.3, 0.4) is 0 Å². The van der Waals surface area contributed by atoms with E-state index in [0.717, 1.165) is 19.4 Å². The van der Waals surface area contributed by atoms with Crippen LogP contribution in [0.1, 0.15) is 13.8 Å². The minimum absolute atomic E-state index is 0.0720. The van der Waals surface area contributed by atoms with E-state index in [1.165, 1.54) is 19.2 Å². The summed E-state index contributed by atoms with van der Waals surface area (Å²) in [5.74, 6) is -2.29. The first-order valence-electron chi connectivity index (χ1n) is 6.79. The number of phenolic OH excluding ortho intramolecular Hbond substituents is 2. The third-order valence-corrected chi connectivity index (χ3v) is 2.68. The Kier molecular flexibility index (Phi) is 9.51. The first-order valence-corrected chi connectivity index (χ1v) is 7.17. The molecule has 0 aliphatic rings. The average Bonchev–Trinajstić information content (AvgIpc) is 2.46. The lowest BCUT2D eigenvalue weighted by Crippen LogP contribution is -2.16. The lowest BCUT2D eigenvalue weighted by Gasteiger charge is -2.09. The highest BCUT2D eigenvalue weighted by Gasteiger charge is 2.10. The minimum Gasteiger partial charge on any atom is -0.550 e. The van der Waals surface area contributed by atoms with Crippen LogP contribution in [0.25, 0.3) is 11.1 Å². The SMILES string of the molecule is CC(=O)[O-].CC(=O)[O-].COc1c(O)cc(-c2ccc(Cl)cc2)cc1O. The van der Waals surface area contributed by atoms with Crippen LogP contribution in [-0.4, -0.2) is 29.3 Å². The molecule has 0 aliphatic carbocycles. The quantitative estimate of drug-likeness (QED) is 0.806. The van der Waals surface area contributed by atoms with Crippen molar-refractivity contribution in [3.8, 4) is 28.4 Å². The maximum absolute atomic E-state index is 9.68. The molecule has 7 nitrogen and oxygen atoms in total. The van der Waals surface area contributed by atoms with Gasteiger partial charge in [0.05, 0.1) is 7.11 Å². The second-order valence-corrected chi connectivity index (χ2v) is 4.97. The highest BCUT2D eigenvalue weighted by Crippen LogP contribution is 2.39. The van der Waals surface area contributed by atoms with E-state index in [-0.39, 0.29) is 17.2 Å². The molecule has 0 aromatic heterocycles. The summed E-state index contributed by atoms with van der Waals surface area (Å²) in [5.41, 5.74) is 1.54. The van der Waals surface area contributed by atoms with E-state index < -0.39 is 11.9 Å². The number of hydrogen-bond donors (Lipinski definition) is 2. The van der Waals surface area contributed by atoms with Crippen LogP contribution in [0, 0.1) is 0 Å². The maximum atomic E-state index is 9.68. The molecule has 2 N–H and O–H groups in total. The van der Waals surface area contributed by atoms with Gasteiger partial charge in [-0.25, -0.2) is 0 Å². The van der Waals surface area contributed by atoms with E-state index in [9.17, 15) is 10.2 Å². The monoisotopic (exact) mass is 368 g/mol. The van der Waals surface area contributed by atoms with Crippen LogP contribution in [0.2, 0.25) is 5.02 Å². The van der Waals surface area contributed by atoms with Gasteiger partial charge in [0.1, 0.15) is 0 Å². The molecule has 2 aromatic rings. The van der Waals surface area contributed by atoms with E-state index >= 15 is 0 Å². The van der Waals surface area contributed by atoms with Gasteiger partial charge in [-0.1, -0.05) is 23.7 Å². The fourth-order valence-electron chi connectivity index (χ4n) is 1.62. The number of rotatable bonds is 2. The Morgan fingerprint density at radius 3 is 1.60 bits per heavy atom. The topological polar surface area (TPSA) is 130 Å². The Hall–Kier alpha value is -2.93. The molecule has 0 fully saturated rings. The zero-order chi connectivity index (χ0) is 19.6. The van der Waals surface area contributed by atoms with Crippen molar-refractivity contribution in [3.05, 3.63) is 41.4 Å².